The summed E-state index contributed by atoms with van der Waals surface area (Å²) in [5.41, 5.74) is 11.5. The van der Waals surface area contributed by atoms with Crippen LogP contribution in [0.5, 0.6) is 17.2 Å². The van der Waals surface area contributed by atoms with Gasteiger partial charge in [-0.1, -0.05) is 48.0 Å². The first-order valence-corrected chi connectivity index (χ1v) is 23.2. The average Bonchev–Trinajstić information content (AvgIpc) is 3.81. The van der Waals surface area contributed by atoms with Crippen molar-refractivity contribution in [2.45, 2.75) is 64.3 Å². The molecular formula is C51H54N3NaO11S. The zero-order chi connectivity index (χ0) is 46.2. The third-order valence-electron chi connectivity index (χ3n) is 12.3. The molecule has 0 aromatic heterocycles. The van der Waals surface area contributed by atoms with Crippen molar-refractivity contribution < 1.29 is 80.2 Å². The van der Waals surface area contributed by atoms with Gasteiger partial charge in [0.25, 0.3) is 11.8 Å². The standard InChI is InChI=1S/C51H54N3O8.Na.O3S/c1-33-22-43-36(12-14-41-26-38-8-4-6-10-45(38)53(41)50(43)55)28-47(33)61-31-34-23-35(25-40(24-34)52-16-17-59-20-21-60-19-18-57-2)32-62-49-29-37-13-15-42-27-39-9-5-7-11-46(39)54(42)51(56)44(37)30-48(49)58-3;;1-4(2)3/h4-11,15,22-25,28-30,41-42,52H,12-14,16-21,26-27,31-32H2,1-3H3;;/q-1;+1;/t41-,42-;;/m1../s1. The molecule has 4 aliphatic heterocycles. The van der Waals surface area contributed by atoms with Crippen LogP contribution in [0.4, 0.5) is 17.1 Å². The molecule has 67 heavy (non-hydrogen) atoms. The molecule has 0 spiro atoms. The normalized spacial score (nSPS) is 16.3. The molecule has 2 amide bonds. The summed E-state index contributed by atoms with van der Waals surface area (Å²) in [4.78, 5) is 32.0. The molecule has 0 saturated carbocycles. The third-order valence-corrected chi connectivity index (χ3v) is 12.3. The van der Waals surface area contributed by atoms with Crippen LogP contribution in [-0.4, -0.2) is 90.3 Å². The minimum absolute atomic E-state index is 0. The van der Waals surface area contributed by atoms with Crippen LogP contribution >= 0.6 is 0 Å². The molecule has 346 valence electrons. The van der Waals surface area contributed by atoms with Crippen LogP contribution in [0.3, 0.4) is 0 Å². The first kappa shape index (κ1) is 49.6. The first-order valence-electron chi connectivity index (χ1n) is 22.2. The quantitative estimate of drug-likeness (QED) is 0.0810. The van der Waals surface area contributed by atoms with Crippen LogP contribution in [0.25, 0.3) is 0 Å². The number of methoxy groups -OCH3 is 2. The first-order chi connectivity index (χ1) is 32.1. The molecule has 14 nitrogen and oxygen atoms in total. The Balaban J connectivity index is 0.00000128. The van der Waals surface area contributed by atoms with E-state index in [0.717, 1.165) is 81.9 Å². The van der Waals surface area contributed by atoms with Gasteiger partial charge in [-0.2, -0.15) is 6.42 Å². The van der Waals surface area contributed by atoms with E-state index in [-0.39, 0.29) is 60.1 Å². The number of anilines is 3. The van der Waals surface area contributed by atoms with E-state index in [1.165, 1.54) is 11.1 Å². The Bertz CT molecular complexity index is 2690. The average molecular weight is 940 g/mol. The second-order valence-electron chi connectivity index (χ2n) is 16.6. The van der Waals surface area contributed by atoms with Crippen LogP contribution in [0.2, 0.25) is 0 Å². The van der Waals surface area contributed by atoms with E-state index in [0.29, 0.717) is 69.7 Å². The van der Waals surface area contributed by atoms with Gasteiger partial charge in [0.1, 0.15) is 19.0 Å². The minimum atomic E-state index is -3.11. The van der Waals surface area contributed by atoms with Crippen molar-refractivity contribution in [1.82, 2.24) is 0 Å². The van der Waals surface area contributed by atoms with Crippen LogP contribution in [0.1, 0.15) is 66.1 Å². The van der Waals surface area contributed by atoms with Gasteiger partial charge in [0.2, 0.25) is 0 Å². The number of aryl methyl sites for hydroxylation is 2. The molecule has 4 aliphatic rings. The number of benzene rings is 5. The topological polar surface area (TPSA) is 159 Å². The molecule has 0 radical (unpaired) electrons. The third kappa shape index (κ3) is 11.7. The number of carbonyl (C=O) groups is 2. The molecule has 2 atom stereocenters. The van der Waals surface area contributed by atoms with Crippen molar-refractivity contribution in [3.8, 4) is 17.2 Å². The smallest absolute Gasteiger partial charge is 0.493 e. The summed E-state index contributed by atoms with van der Waals surface area (Å²) in [7, 11) is 0.146. The molecule has 0 saturated heterocycles. The molecule has 0 aliphatic carbocycles. The Hall–Kier alpha value is -5.26. The van der Waals surface area contributed by atoms with Gasteiger partial charge in [0.05, 0.1) is 40.1 Å². The van der Waals surface area contributed by atoms with E-state index < -0.39 is 10.6 Å². The zero-order valence-corrected chi connectivity index (χ0v) is 41.2. The van der Waals surface area contributed by atoms with Gasteiger partial charge >= 0.3 is 40.2 Å². The molecule has 0 unspecified atom stereocenters. The number of nitrogens with zero attached hydrogens (tertiary/aromatic N) is 2. The van der Waals surface area contributed by atoms with Gasteiger partial charge in [0.15, 0.2) is 11.5 Å². The largest absolute Gasteiger partial charge is 1.00 e. The summed E-state index contributed by atoms with van der Waals surface area (Å²) < 4.78 is 60.6. The number of ether oxygens (including phenoxy) is 6. The number of hydrogen-bond donors (Lipinski definition) is 1. The van der Waals surface area contributed by atoms with E-state index in [2.05, 4.69) is 60.3 Å². The maximum absolute atomic E-state index is 14.0. The second-order valence-corrected chi connectivity index (χ2v) is 17.0. The fraction of sp³-hybridized carbons (Fsp3) is 0.353. The van der Waals surface area contributed by atoms with E-state index >= 15 is 0 Å². The molecular weight excluding hydrogens is 886 g/mol. The number of rotatable bonds is 17. The maximum Gasteiger partial charge on any atom is 1.00 e. The van der Waals surface area contributed by atoms with Gasteiger partial charge in [-0.15, -0.1) is 12.6 Å². The summed E-state index contributed by atoms with van der Waals surface area (Å²) in [5, 5.41) is 3.52. The van der Waals surface area contributed by atoms with Crippen LogP contribution in [0, 0.1) is 13.3 Å². The molecule has 5 aromatic carbocycles. The predicted molar refractivity (Wildman–Crippen MR) is 249 cm³/mol. The summed E-state index contributed by atoms with van der Waals surface area (Å²) >= 11 is 0. The van der Waals surface area contributed by atoms with Crippen molar-refractivity contribution in [1.29, 1.82) is 0 Å². The fourth-order valence-corrected chi connectivity index (χ4v) is 9.29. The Kier molecular flexibility index (Phi) is 17.2. The molecule has 4 heterocycles. The van der Waals surface area contributed by atoms with Crippen molar-refractivity contribution in [2.75, 3.05) is 68.9 Å². The number of fused-ring (bicyclic) bond motifs is 8. The van der Waals surface area contributed by atoms with E-state index in [1.54, 1.807) is 14.2 Å². The van der Waals surface area contributed by atoms with E-state index in [1.807, 2.05) is 59.2 Å². The summed E-state index contributed by atoms with van der Waals surface area (Å²) in [6.07, 6.45) is 6.26. The Morgan fingerprint density at radius 3 is 1.97 bits per heavy atom. The Morgan fingerprint density at radius 2 is 1.27 bits per heavy atom. The van der Waals surface area contributed by atoms with Gasteiger partial charge in [-0.05, 0) is 121 Å². The summed E-state index contributed by atoms with van der Waals surface area (Å²) in [6.45, 7) is 5.77. The zero-order valence-electron chi connectivity index (χ0n) is 38.4. The van der Waals surface area contributed by atoms with Crippen LogP contribution < -0.4 is 58.9 Å². The van der Waals surface area contributed by atoms with Gasteiger partial charge in [0, 0.05) is 47.9 Å². The summed E-state index contributed by atoms with van der Waals surface area (Å²) in [6, 6.07) is 30.6. The molecule has 1 N–H and O–H groups in total. The predicted octanol–water partition coefficient (Wildman–Crippen LogP) is 4.10. The van der Waals surface area contributed by atoms with Crippen LogP contribution in [-0.2, 0) is 63.7 Å². The molecule has 9 rings (SSSR count). The van der Waals surface area contributed by atoms with Gasteiger partial charge in [-0.25, -0.2) is 0 Å². The molecule has 0 bridgehead atoms. The number of para-hydroxylation sites is 2. The minimum Gasteiger partial charge on any atom is -0.493 e. The van der Waals surface area contributed by atoms with Gasteiger partial charge < -0.3 is 50.0 Å². The Morgan fingerprint density at radius 1 is 0.672 bits per heavy atom. The number of carbonyl (C=O) groups excluding carboxylic acids is 2. The maximum atomic E-state index is 14.0. The van der Waals surface area contributed by atoms with Crippen molar-refractivity contribution >= 4 is 39.5 Å². The van der Waals surface area contributed by atoms with Crippen LogP contribution in [0.15, 0.2) is 91.0 Å². The van der Waals surface area contributed by atoms with Crippen molar-refractivity contribution in [2.24, 2.45) is 0 Å². The number of nitrogens with one attached hydrogen (secondary N) is 1. The summed E-state index contributed by atoms with van der Waals surface area (Å²) in [5.74, 6) is 1.88. The molecule has 0 fully saturated rings. The van der Waals surface area contributed by atoms with Gasteiger partial charge in [-0.3, -0.25) is 9.59 Å². The monoisotopic (exact) mass is 939 g/mol. The van der Waals surface area contributed by atoms with Crippen molar-refractivity contribution in [3.63, 3.8) is 0 Å². The SMILES string of the molecule is COCCOCCOCCNc1cc(COc2cc3c(cc2C)C(=O)N2c4ccccc4C[C@H]2CC3)cc(COc2cc3c(cc2OC)C(=O)N2c4ccccc4C[C@H]2[CH-]C3)c1.O=S(=O)=O.[Na+]. The fourth-order valence-electron chi connectivity index (χ4n) is 9.29. The molecule has 5 aromatic rings. The van der Waals surface area contributed by atoms with E-state index in [4.69, 9.17) is 41.0 Å². The molecule has 16 heteroatoms. The number of amides is 2. The number of hydrogen-bond acceptors (Lipinski definition) is 12. The van der Waals surface area contributed by atoms with Crippen molar-refractivity contribution in [3.05, 3.63) is 147 Å². The second kappa shape index (κ2) is 23.2. The van der Waals surface area contributed by atoms with E-state index in [9.17, 15) is 9.59 Å². The Labute approximate surface area is 415 Å².